The number of aliphatic hydroxyl groups excluding tert-OH is 1. The molecular formula is C11H14BrFO3. The quantitative estimate of drug-likeness (QED) is 0.845. The number of benzene rings is 1. The summed E-state index contributed by atoms with van der Waals surface area (Å²) in [6, 6.07) is 4.58. The lowest BCUT2D eigenvalue weighted by Crippen LogP contribution is -2.31. The van der Waals surface area contributed by atoms with E-state index in [2.05, 4.69) is 15.9 Å². The molecule has 90 valence electrons. The molecule has 0 saturated carbocycles. The van der Waals surface area contributed by atoms with Gasteiger partial charge in [0.1, 0.15) is 11.9 Å². The van der Waals surface area contributed by atoms with Crippen LogP contribution in [0.4, 0.5) is 4.39 Å². The molecule has 0 aliphatic rings. The van der Waals surface area contributed by atoms with Crippen LogP contribution < -0.4 is 0 Å². The van der Waals surface area contributed by atoms with Gasteiger partial charge in [-0.15, -0.1) is 0 Å². The summed E-state index contributed by atoms with van der Waals surface area (Å²) in [6.07, 6.45) is -1.52. The monoisotopic (exact) mass is 292 g/mol. The van der Waals surface area contributed by atoms with E-state index in [1.807, 2.05) is 0 Å². The van der Waals surface area contributed by atoms with Crippen molar-refractivity contribution >= 4 is 15.9 Å². The van der Waals surface area contributed by atoms with E-state index in [0.29, 0.717) is 5.56 Å². The summed E-state index contributed by atoms with van der Waals surface area (Å²) < 4.78 is 23.9. The highest BCUT2D eigenvalue weighted by molar-refractivity contribution is 9.10. The van der Waals surface area contributed by atoms with E-state index in [1.54, 1.807) is 12.1 Å². The van der Waals surface area contributed by atoms with Gasteiger partial charge in [0.2, 0.25) is 0 Å². The van der Waals surface area contributed by atoms with Gasteiger partial charge in [-0.05, 0) is 23.8 Å². The first-order valence-electron chi connectivity index (χ1n) is 4.76. The number of methoxy groups -OCH3 is 2. The van der Waals surface area contributed by atoms with Crippen LogP contribution in [0.15, 0.2) is 22.7 Å². The Morgan fingerprint density at radius 1 is 1.38 bits per heavy atom. The standard InChI is InChI=1S/C11H14BrFO3/c1-15-11(16-2)10(14)6-7-5-8(12)3-4-9(7)13/h3-5,10-11,14H,6H2,1-2H3. The van der Waals surface area contributed by atoms with Crippen LogP contribution in [0.5, 0.6) is 0 Å². The maximum absolute atomic E-state index is 13.4. The summed E-state index contributed by atoms with van der Waals surface area (Å²) in [4.78, 5) is 0. The van der Waals surface area contributed by atoms with E-state index in [4.69, 9.17) is 9.47 Å². The third-order valence-electron chi connectivity index (χ3n) is 2.22. The van der Waals surface area contributed by atoms with Crippen molar-refractivity contribution in [2.24, 2.45) is 0 Å². The molecule has 1 aromatic rings. The lowest BCUT2D eigenvalue weighted by molar-refractivity contribution is -0.163. The predicted octanol–water partition coefficient (Wildman–Crippen LogP) is 2.11. The van der Waals surface area contributed by atoms with Gasteiger partial charge in [0.05, 0.1) is 0 Å². The molecule has 0 saturated heterocycles. The van der Waals surface area contributed by atoms with Gasteiger partial charge in [-0.1, -0.05) is 15.9 Å². The Bertz CT molecular complexity index is 342. The second kappa shape index (κ2) is 6.30. The molecule has 0 spiro atoms. The van der Waals surface area contributed by atoms with Crippen LogP contribution in [0.3, 0.4) is 0 Å². The molecule has 3 nitrogen and oxygen atoms in total. The van der Waals surface area contributed by atoms with Crippen molar-refractivity contribution in [1.29, 1.82) is 0 Å². The number of ether oxygens (including phenoxy) is 2. The van der Waals surface area contributed by atoms with Crippen molar-refractivity contribution in [1.82, 2.24) is 0 Å². The predicted molar refractivity (Wildman–Crippen MR) is 61.6 cm³/mol. The maximum atomic E-state index is 13.4. The summed E-state index contributed by atoms with van der Waals surface area (Å²) >= 11 is 3.25. The number of halogens is 2. The van der Waals surface area contributed by atoms with Crippen molar-refractivity contribution in [3.05, 3.63) is 34.1 Å². The van der Waals surface area contributed by atoms with Crippen molar-refractivity contribution in [2.75, 3.05) is 14.2 Å². The molecular weight excluding hydrogens is 279 g/mol. The second-order valence-electron chi connectivity index (χ2n) is 3.35. The first-order valence-corrected chi connectivity index (χ1v) is 5.55. The molecule has 5 heteroatoms. The molecule has 0 heterocycles. The summed E-state index contributed by atoms with van der Waals surface area (Å²) in [5.41, 5.74) is 0.418. The van der Waals surface area contributed by atoms with Crippen molar-refractivity contribution in [3.63, 3.8) is 0 Å². The molecule has 0 amide bonds. The minimum atomic E-state index is -0.904. The topological polar surface area (TPSA) is 38.7 Å². The molecule has 1 atom stereocenters. The molecule has 1 unspecified atom stereocenters. The van der Waals surface area contributed by atoms with Gasteiger partial charge in [-0.25, -0.2) is 4.39 Å². The molecule has 0 fully saturated rings. The number of aliphatic hydroxyl groups is 1. The SMILES string of the molecule is COC(OC)C(O)Cc1cc(Br)ccc1F. The first kappa shape index (κ1) is 13.6. The van der Waals surface area contributed by atoms with Crippen LogP contribution in [0, 0.1) is 5.82 Å². The zero-order valence-electron chi connectivity index (χ0n) is 9.11. The highest BCUT2D eigenvalue weighted by Crippen LogP contribution is 2.18. The Labute approximate surface area is 102 Å². The van der Waals surface area contributed by atoms with E-state index in [-0.39, 0.29) is 12.2 Å². The lowest BCUT2D eigenvalue weighted by atomic mass is 10.1. The maximum Gasteiger partial charge on any atom is 0.183 e. The average molecular weight is 293 g/mol. The average Bonchev–Trinajstić information content (AvgIpc) is 2.25. The van der Waals surface area contributed by atoms with Crippen molar-refractivity contribution in [2.45, 2.75) is 18.8 Å². The van der Waals surface area contributed by atoms with Crippen LogP contribution in [0.2, 0.25) is 0 Å². The van der Waals surface area contributed by atoms with Crippen molar-refractivity contribution < 1.29 is 19.0 Å². The Morgan fingerprint density at radius 2 is 2.00 bits per heavy atom. The van der Waals surface area contributed by atoms with Crippen LogP contribution in [-0.4, -0.2) is 31.7 Å². The molecule has 0 aliphatic heterocycles. The van der Waals surface area contributed by atoms with Gasteiger partial charge in [0, 0.05) is 25.1 Å². The van der Waals surface area contributed by atoms with Gasteiger partial charge in [-0.3, -0.25) is 0 Å². The largest absolute Gasteiger partial charge is 0.387 e. The summed E-state index contributed by atoms with van der Waals surface area (Å²) in [5, 5.41) is 9.75. The molecule has 0 aliphatic carbocycles. The minimum Gasteiger partial charge on any atom is -0.387 e. The zero-order chi connectivity index (χ0) is 12.1. The minimum absolute atomic E-state index is 0.137. The van der Waals surface area contributed by atoms with E-state index >= 15 is 0 Å². The summed E-state index contributed by atoms with van der Waals surface area (Å²) in [5.74, 6) is -0.354. The normalized spacial score (nSPS) is 13.1. The highest BCUT2D eigenvalue weighted by atomic mass is 79.9. The molecule has 0 radical (unpaired) electrons. The van der Waals surface area contributed by atoms with Gasteiger partial charge < -0.3 is 14.6 Å². The van der Waals surface area contributed by atoms with E-state index in [1.165, 1.54) is 20.3 Å². The Hall–Kier alpha value is -0.490. The Balaban J connectivity index is 2.75. The molecule has 1 aromatic carbocycles. The first-order chi connectivity index (χ1) is 7.58. The Morgan fingerprint density at radius 3 is 2.56 bits per heavy atom. The van der Waals surface area contributed by atoms with Gasteiger partial charge >= 0.3 is 0 Å². The summed E-state index contributed by atoms with van der Waals surface area (Å²) in [7, 11) is 2.85. The van der Waals surface area contributed by atoms with Crippen LogP contribution in [0.25, 0.3) is 0 Å². The van der Waals surface area contributed by atoms with E-state index in [0.717, 1.165) is 4.47 Å². The lowest BCUT2D eigenvalue weighted by Gasteiger charge is -2.20. The smallest absolute Gasteiger partial charge is 0.183 e. The van der Waals surface area contributed by atoms with Gasteiger partial charge in [0.25, 0.3) is 0 Å². The van der Waals surface area contributed by atoms with Gasteiger partial charge in [-0.2, -0.15) is 0 Å². The molecule has 1 rings (SSSR count). The number of rotatable bonds is 5. The zero-order valence-corrected chi connectivity index (χ0v) is 10.7. The van der Waals surface area contributed by atoms with Gasteiger partial charge in [0.15, 0.2) is 6.29 Å². The summed E-state index contributed by atoms with van der Waals surface area (Å²) in [6.45, 7) is 0. The second-order valence-corrected chi connectivity index (χ2v) is 4.26. The fourth-order valence-electron chi connectivity index (χ4n) is 1.43. The third kappa shape index (κ3) is 3.52. The third-order valence-corrected chi connectivity index (χ3v) is 2.71. The fourth-order valence-corrected chi connectivity index (χ4v) is 1.84. The molecule has 16 heavy (non-hydrogen) atoms. The van der Waals surface area contributed by atoms with Crippen molar-refractivity contribution in [3.8, 4) is 0 Å². The van der Waals surface area contributed by atoms with E-state index < -0.39 is 12.4 Å². The van der Waals surface area contributed by atoms with Crippen LogP contribution in [-0.2, 0) is 15.9 Å². The molecule has 0 aromatic heterocycles. The van der Waals surface area contributed by atoms with E-state index in [9.17, 15) is 9.50 Å². The number of hydrogen-bond acceptors (Lipinski definition) is 3. The van der Waals surface area contributed by atoms with Crippen LogP contribution >= 0.6 is 15.9 Å². The number of hydrogen-bond donors (Lipinski definition) is 1. The van der Waals surface area contributed by atoms with Crippen LogP contribution in [0.1, 0.15) is 5.56 Å². The molecule has 1 N–H and O–H groups in total. The fraction of sp³-hybridized carbons (Fsp3) is 0.455. The Kier molecular flexibility index (Phi) is 5.34. The highest BCUT2D eigenvalue weighted by Gasteiger charge is 2.19. The molecule has 0 bridgehead atoms.